The number of rotatable bonds is 5. The van der Waals surface area contributed by atoms with Gasteiger partial charge in [0.15, 0.2) is 4.96 Å². The lowest BCUT2D eigenvalue weighted by atomic mass is 10.1. The van der Waals surface area contributed by atoms with Gasteiger partial charge >= 0.3 is 0 Å². The summed E-state index contributed by atoms with van der Waals surface area (Å²) in [5, 5.41) is 6.45. The molecule has 27 heavy (non-hydrogen) atoms. The van der Waals surface area contributed by atoms with Crippen molar-refractivity contribution in [3.63, 3.8) is 0 Å². The predicted octanol–water partition coefficient (Wildman–Crippen LogP) is 5.56. The van der Waals surface area contributed by atoms with Crippen molar-refractivity contribution in [2.75, 3.05) is 5.32 Å². The van der Waals surface area contributed by atoms with Crippen molar-refractivity contribution in [3.05, 3.63) is 63.3 Å². The Hall–Kier alpha value is -2.41. The van der Waals surface area contributed by atoms with Crippen LogP contribution in [0.15, 0.2) is 42.0 Å². The van der Waals surface area contributed by atoms with E-state index in [1.165, 1.54) is 11.3 Å². The maximum atomic E-state index is 11.1. The number of fused-ring (bicyclic) bond motifs is 1. The number of thiazole rings is 1. The molecule has 8 heteroatoms. The van der Waals surface area contributed by atoms with E-state index in [-0.39, 0.29) is 6.42 Å². The second-order valence-electron chi connectivity index (χ2n) is 5.94. The third-order valence-corrected chi connectivity index (χ3v) is 5.71. The first kappa shape index (κ1) is 18.0. The number of pyridine rings is 1. The van der Waals surface area contributed by atoms with Gasteiger partial charge in [-0.15, -0.1) is 11.3 Å². The number of halogens is 2. The van der Waals surface area contributed by atoms with Crippen LogP contribution in [-0.2, 0) is 11.2 Å². The van der Waals surface area contributed by atoms with Crippen LogP contribution in [0.3, 0.4) is 0 Å². The summed E-state index contributed by atoms with van der Waals surface area (Å²) in [6.45, 7) is 1.98. The molecule has 0 atom stereocenters. The molecule has 136 valence electrons. The Morgan fingerprint density at radius 2 is 2.11 bits per heavy atom. The van der Waals surface area contributed by atoms with Crippen molar-refractivity contribution in [1.29, 1.82) is 0 Å². The highest BCUT2D eigenvalue weighted by Crippen LogP contribution is 2.39. The molecule has 0 aliphatic heterocycles. The van der Waals surface area contributed by atoms with E-state index < -0.39 is 0 Å². The molecule has 4 rings (SSSR count). The number of hydrogen-bond acceptors (Lipinski definition) is 5. The third-order valence-electron chi connectivity index (χ3n) is 4.22. The second kappa shape index (κ2) is 7.31. The van der Waals surface area contributed by atoms with Gasteiger partial charge in [-0.3, -0.25) is 9.38 Å². The van der Waals surface area contributed by atoms with Crippen molar-refractivity contribution in [1.82, 2.24) is 14.4 Å². The number of aldehydes is 1. The molecule has 1 aromatic carbocycles. The summed E-state index contributed by atoms with van der Waals surface area (Å²) < 4.78 is 1.94. The van der Waals surface area contributed by atoms with Gasteiger partial charge in [0, 0.05) is 35.5 Å². The minimum atomic E-state index is 0.288. The Balaban J connectivity index is 1.98. The average Bonchev–Trinajstić information content (AvgIpc) is 3.19. The average molecular weight is 417 g/mol. The lowest BCUT2D eigenvalue weighted by Crippen LogP contribution is -2.02. The molecule has 0 unspecified atom stereocenters. The minimum Gasteiger partial charge on any atom is -0.338 e. The molecular formula is C19H14Cl2N4OS. The molecule has 0 aliphatic rings. The van der Waals surface area contributed by atoms with Gasteiger partial charge in [-0.2, -0.15) is 0 Å². The van der Waals surface area contributed by atoms with Gasteiger partial charge < -0.3 is 10.1 Å². The van der Waals surface area contributed by atoms with Crippen LogP contribution in [0.5, 0.6) is 0 Å². The third kappa shape index (κ3) is 3.20. The van der Waals surface area contributed by atoms with Crippen molar-refractivity contribution in [2.24, 2.45) is 0 Å². The summed E-state index contributed by atoms with van der Waals surface area (Å²) in [5.41, 5.74) is 4.07. The number of hydrogen-bond donors (Lipinski definition) is 1. The molecule has 4 aromatic rings. The summed E-state index contributed by atoms with van der Waals surface area (Å²) in [7, 11) is 0. The molecular weight excluding hydrogens is 403 g/mol. The monoisotopic (exact) mass is 416 g/mol. The number of nitrogens with zero attached hydrogens (tertiary/aromatic N) is 3. The van der Waals surface area contributed by atoms with Gasteiger partial charge in [0.1, 0.15) is 17.8 Å². The summed E-state index contributed by atoms with van der Waals surface area (Å²) in [6.07, 6.45) is 4.42. The number of benzene rings is 1. The highest BCUT2D eigenvalue weighted by atomic mass is 35.5. The molecule has 0 fully saturated rings. The van der Waals surface area contributed by atoms with Gasteiger partial charge in [0.2, 0.25) is 0 Å². The zero-order chi connectivity index (χ0) is 19.0. The quantitative estimate of drug-likeness (QED) is 0.432. The minimum absolute atomic E-state index is 0.288. The Morgan fingerprint density at radius 1 is 1.26 bits per heavy atom. The number of imidazole rings is 1. The highest BCUT2D eigenvalue weighted by Gasteiger charge is 2.21. The van der Waals surface area contributed by atoms with Gasteiger partial charge in [-0.05, 0) is 24.6 Å². The lowest BCUT2D eigenvalue weighted by molar-refractivity contribution is -0.107. The number of carbonyl (C=O) groups excluding carboxylic acids is 1. The smallest absolute Gasteiger partial charge is 0.196 e. The molecule has 0 radical (unpaired) electrons. The molecule has 0 saturated carbocycles. The molecule has 1 N–H and O–H groups in total. The first-order valence-corrected chi connectivity index (χ1v) is 9.78. The van der Waals surface area contributed by atoms with E-state index in [0.717, 1.165) is 33.8 Å². The molecule has 0 bridgehead atoms. The Kier molecular flexibility index (Phi) is 4.86. The molecule has 3 aromatic heterocycles. The summed E-state index contributed by atoms with van der Waals surface area (Å²) in [6, 6.07) is 7.52. The lowest BCUT2D eigenvalue weighted by Gasteiger charge is -2.13. The van der Waals surface area contributed by atoms with E-state index in [2.05, 4.69) is 10.3 Å². The maximum Gasteiger partial charge on any atom is 0.196 e. The molecule has 0 saturated heterocycles. The zero-order valence-corrected chi connectivity index (χ0v) is 16.6. The van der Waals surface area contributed by atoms with Crippen LogP contribution in [0.2, 0.25) is 10.0 Å². The first-order chi connectivity index (χ1) is 13.1. The zero-order valence-electron chi connectivity index (χ0n) is 14.2. The number of carbonyl (C=O) groups is 1. The van der Waals surface area contributed by atoms with E-state index in [0.29, 0.717) is 21.6 Å². The van der Waals surface area contributed by atoms with Gasteiger partial charge in [0.25, 0.3) is 0 Å². The SMILES string of the molecule is Cc1cccc(Cl)c1Nc1c(-c2ccncc2Cl)nc2scc(CC=O)n12. The van der Waals surface area contributed by atoms with Crippen LogP contribution in [0.4, 0.5) is 11.5 Å². The fourth-order valence-corrected chi connectivity index (χ4v) is 4.30. The number of anilines is 2. The fraction of sp³-hybridized carbons (Fsp3) is 0.105. The van der Waals surface area contributed by atoms with Crippen molar-refractivity contribution in [2.45, 2.75) is 13.3 Å². The molecule has 0 aliphatic carbocycles. The molecule has 0 amide bonds. The molecule has 3 heterocycles. The van der Waals surface area contributed by atoms with Crippen LogP contribution in [0.25, 0.3) is 16.2 Å². The Labute approximate surface area is 169 Å². The largest absolute Gasteiger partial charge is 0.338 e. The predicted molar refractivity (Wildman–Crippen MR) is 111 cm³/mol. The number of nitrogens with one attached hydrogen (secondary N) is 1. The summed E-state index contributed by atoms with van der Waals surface area (Å²) in [4.78, 5) is 20.7. The van der Waals surface area contributed by atoms with Gasteiger partial charge in [-0.1, -0.05) is 35.3 Å². The first-order valence-electron chi connectivity index (χ1n) is 8.14. The van der Waals surface area contributed by atoms with Gasteiger partial charge in [-0.25, -0.2) is 4.98 Å². The van der Waals surface area contributed by atoms with E-state index in [1.54, 1.807) is 12.4 Å². The number of aryl methyl sites for hydroxylation is 1. The highest BCUT2D eigenvalue weighted by molar-refractivity contribution is 7.15. The fourth-order valence-electron chi connectivity index (χ4n) is 2.92. The topological polar surface area (TPSA) is 59.3 Å². The van der Waals surface area contributed by atoms with Crippen molar-refractivity contribution in [3.8, 4) is 11.3 Å². The molecule has 5 nitrogen and oxygen atoms in total. The standard InChI is InChI=1S/C19H14Cl2N4OS/c1-11-3-2-4-14(20)16(11)23-18-17(13-5-7-22-9-15(13)21)24-19-25(18)12(6-8-26)10-27-19/h2-5,7-10,23H,6H2,1H3. The maximum absolute atomic E-state index is 11.1. The van der Waals surface area contributed by atoms with Crippen molar-refractivity contribution < 1.29 is 4.79 Å². The normalized spacial score (nSPS) is 11.1. The van der Waals surface area contributed by atoms with Crippen LogP contribution in [0.1, 0.15) is 11.3 Å². The van der Waals surface area contributed by atoms with Crippen LogP contribution >= 0.6 is 34.5 Å². The van der Waals surface area contributed by atoms with E-state index in [9.17, 15) is 4.79 Å². The van der Waals surface area contributed by atoms with E-state index >= 15 is 0 Å². The van der Waals surface area contributed by atoms with Crippen LogP contribution in [0, 0.1) is 6.92 Å². The van der Waals surface area contributed by atoms with E-state index in [1.807, 2.05) is 41.0 Å². The Bertz CT molecular complexity index is 1130. The summed E-state index contributed by atoms with van der Waals surface area (Å²) >= 11 is 14.3. The Morgan fingerprint density at radius 3 is 2.85 bits per heavy atom. The van der Waals surface area contributed by atoms with E-state index in [4.69, 9.17) is 28.2 Å². The van der Waals surface area contributed by atoms with Gasteiger partial charge in [0.05, 0.1) is 15.7 Å². The van der Waals surface area contributed by atoms with Crippen LogP contribution in [-0.4, -0.2) is 20.7 Å². The molecule has 0 spiro atoms. The number of para-hydroxylation sites is 1. The second-order valence-corrected chi connectivity index (χ2v) is 7.59. The van der Waals surface area contributed by atoms with Crippen LogP contribution < -0.4 is 5.32 Å². The summed E-state index contributed by atoms with van der Waals surface area (Å²) in [5.74, 6) is 0.715. The number of aromatic nitrogens is 3. The van der Waals surface area contributed by atoms with Crippen molar-refractivity contribution >= 4 is 57.3 Å².